The molecule has 3 nitrogen and oxygen atoms in total. The Morgan fingerprint density at radius 3 is 1.69 bits per heavy atom. The summed E-state index contributed by atoms with van der Waals surface area (Å²) in [6, 6.07) is 48.9. The zero-order chi connectivity index (χ0) is 44.3. The quantitative estimate of drug-likeness (QED) is 0.168. The second-order valence-electron chi connectivity index (χ2n) is 17.8. The van der Waals surface area contributed by atoms with Crippen molar-refractivity contribution in [1.82, 2.24) is 9.55 Å². The van der Waals surface area contributed by atoms with Crippen LogP contribution in [0.3, 0.4) is 0 Å². The fourth-order valence-corrected chi connectivity index (χ4v) is 11.8. The van der Waals surface area contributed by atoms with E-state index >= 15 is 0 Å². The molecule has 0 saturated carbocycles. The Hall–Kier alpha value is -6.43. The van der Waals surface area contributed by atoms with E-state index in [0.717, 1.165) is 50.1 Å². The first-order chi connectivity index (χ1) is 31.0. The molecule has 0 radical (unpaired) electrons. The van der Waals surface area contributed by atoms with Crippen molar-refractivity contribution >= 4 is 184 Å². The average Bonchev–Trinajstić information content (AvgIpc) is 3.90. The molecule has 0 amide bonds. The van der Waals surface area contributed by atoms with Crippen LogP contribution in [0.25, 0.3) is 103 Å². The van der Waals surface area contributed by atoms with Gasteiger partial charge in [0.05, 0.1) is 16.7 Å². The Morgan fingerprint density at radius 1 is 0.422 bits per heavy atom. The van der Waals surface area contributed by atoms with Gasteiger partial charge in [-0.05, 0) is 85.3 Å². The van der Waals surface area contributed by atoms with Gasteiger partial charge in [0, 0.05) is 25.7 Å². The molecule has 0 aliphatic heterocycles. The van der Waals surface area contributed by atoms with Crippen molar-refractivity contribution in [3.8, 4) is 56.2 Å². The molecule has 0 aliphatic carbocycles. The van der Waals surface area contributed by atoms with E-state index in [0.29, 0.717) is 0 Å². The lowest BCUT2D eigenvalue weighted by Gasteiger charge is -2.24. The molecule has 11 aromatic rings. The minimum absolute atomic E-state index is 0.289. The molecule has 13 heteroatoms. The molecular weight excluding hydrogens is 786 g/mol. The van der Waals surface area contributed by atoms with Gasteiger partial charge in [-0.25, -0.2) is 4.98 Å². The number of nitrogens with zero attached hydrogens (tertiary/aromatic N) is 2. The van der Waals surface area contributed by atoms with Crippen molar-refractivity contribution in [3.63, 3.8) is 0 Å². The normalized spacial score (nSPS) is 11.8. The number of hydrogen-bond donors (Lipinski definition) is 1. The third-order valence-electron chi connectivity index (χ3n) is 14.8. The van der Waals surface area contributed by atoms with Crippen LogP contribution < -0.4 is 49.2 Å². The molecule has 0 bridgehead atoms. The second-order valence-corrected chi connectivity index (χ2v) is 18.9. The van der Waals surface area contributed by atoms with Gasteiger partial charge in [-0.2, -0.15) is 0 Å². The smallest absolute Gasteiger partial charge is 0.146 e. The summed E-state index contributed by atoms with van der Waals surface area (Å²) in [4.78, 5) is 5.44. The molecule has 294 valence electrons. The summed E-state index contributed by atoms with van der Waals surface area (Å²) < 4.78 is 4.78. The van der Waals surface area contributed by atoms with Crippen molar-refractivity contribution in [2.45, 2.75) is 0 Å². The van der Waals surface area contributed by atoms with Gasteiger partial charge in [0.25, 0.3) is 0 Å². The zero-order valence-electron chi connectivity index (χ0n) is 38.0. The van der Waals surface area contributed by atoms with Crippen LogP contribution in [0.5, 0.6) is 5.75 Å². The summed E-state index contributed by atoms with van der Waals surface area (Å²) >= 11 is 1.87. The van der Waals surface area contributed by atoms with Gasteiger partial charge in [-0.15, -0.1) is 27.7 Å². The van der Waals surface area contributed by atoms with Gasteiger partial charge in [0.2, 0.25) is 0 Å². The molecule has 1 N–H and O–H groups in total. The van der Waals surface area contributed by atoms with E-state index in [1.54, 1.807) is 0 Å². The van der Waals surface area contributed by atoms with Gasteiger partial charge in [-0.3, -0.25) is 4.57 Å². The van der Waals surface area contributed by atoms with Crippen molar-refractivity contribution in [3.05, 3.63) is 133 Å². The maximum Gasteiger partial charge on any atom is 0.146 e. The van der Waals surface area contributed by atoms with E-state index < -0.39 is 0 Å². The lowest BCUT2D eigenvalue weighted by atomic mass is 9.59. The van der Waals surface area contributed by atoms with Crippen LogP contribution in [0.1, 0.15) is 0 Å². The Morgan fingerprint density at radius 2 is 0.953 bits per heavy atom. The van der Waals surface area contributed by atoms with Crippen LogP contribution in [0, 0.1) is 0 Å². The number of benzene rings is 9. The molecule has 0 saturated heterocycles. The van der Waals surface area contributed by atoms with Gasteiger partial charge in [0.1, 0.15) is 82.2 Å². The predicted molar refractivity (Wildman–Crippen MR) is 306 cm³/mol. The van der Waals surface area contributed by atoms with Gasteiger partial charge < -0.3 is 5.11 Å². The predicted octanol–water partition coefficient (Wildman–Crippen LogP) is -1.60. The molecule has 2 aromatic heterocycles. The van der Waals surface area contributed by atoms with Gasteiger partial charge >= 0.3 is 0 Å². The first-order valence-corrected chi connectivity index (χ1v) is 23.1. The van der Waals surface area contributed by atoms with Crippen LogP contribution in [0.4, 0.5) is 0 Å². The Kier molecular flexibility index (Phi) is 9.52. The maximum atomic E-state index is 12.1. The molecule has 11 rings (SSSR count). The highest BCUT2D eigenvalue weighted by Crippen LogP contribution is 2.50. The number of phenolic OH excluding ortho intramolecular Hbond substituents is 1. The van der Waals surface area contributed by atoms with Gasteiger partial charge in [0.15, 0.2) is 0 Å². The van der Waals surface area contributed by atoms with Crippen LogP contribution in [-0.4, -0.2) is 85.3 Å². The second kappa shape index (κ2) is 15.1. The number of rotatable bonds is 5. The molecule has 0 unspecified atom stereocenters. The van der Waals surface area contributed by atoms with Crippen molar-refractivity contribution in [2.24, 2.45) is 0 Å². The van der Waals surface area contributed by atoms with E-state index in [-0.39, 0.29) is 5.75 Å². The summed E-state index contributed by atoms with van der Waals surface area (Å²) in [6.45, 7) is 0. The van der Waals surface area contributed by atoms with Crippen molar-refractivity contribution in [1.29, 1.82) is 0 Å². The standard InChI is InChI=1S/C51H41B9N2OS/c52-40-36(41(53)43(55)44(56)42(40)54)23-20-21-27-31(22-23)38(30-15-9-19-35-39(30)29-14-5-8-18-34(29)64-35)25-11-2-1-10-24(25)37(27)26-12-3-4-13-28(26)51-61-32-16-6-7-17-33(32)62(51)49-47(59)45(57)46(58)48(60)50(49)63/h1-22,63H,52-60H2. The Balaban J connectivity index is 1.30. The van der Waals surface area contributed by atoms with E-state index in [1.165, 1.54) is 102 Å². The Labute approximate surface area is 386 Å². The Bertz CT molecular complexity index is 3760. The van der Waals surface area contributed by atoms with Crippen LogP contribution in [-0.2, 0) is 0 Å². The number of phenols is 1. The minimum atomic E-state index is 0.289. The first-order valence-electron chi connectivity index (χ1n) is 22.3. The summed E-state index contributed by atoms with van der Waals surface area (Å²) in [6.07, 6.45) is 0. The largest absolute Gasteiger partial charge is 0.506 e. The fourth-order valence-electron chi connectivity index (χ4n) is 10.7. The third-order valence-corrected chi connectivity index (χ3v) is 16.0. The molecule has 0 fully saturated rings. The van der Waals surface area contributed by atoms with Crippen molar-refractivity contribution < 1.29 is 5.11 Å². The lowest BCUT2D eigenvalue weighted by Crippen LogP contribution is -2.55. The molecule has 9 aromatic carbocycles. The highest BCUT2D eigenvalue weighted by Gasteiger charge is 2.27. The summed E-state index contributed by atoms with van der Waals surface area (Å²) in [5, 5.41) is 19.4. The average molecular weight is 827 g/mol. The van der Waals surface area contributed by atoms with Gasteiger partial charge in [-0.1, -0.05) is 136 Å². The topological polar surface area (TPSA) is 38.0 Å². The van der Waals surface area contributed by atoms with E-state index in [2.05, 4.69) is 195 Å². The van der Waals surface area contributed by atoms with Crippen LogP contribution >= 0.6 is 11.3 Å². The monoisotopic (exact) mass is 828 g/mol. The molecular formula is C51H41B9N2OS. The number of aromatic nitrogens is 2. The number of aromatic hydroxyl groups is 1. The summed E-state index contributed by atoms with van der Waals surface area (Å²) in [5.74, 6) is 1.08. The molecule has 2 heterocycles. The number of fused-ring (bicyclic) bond motifs is 6. The first kappa shape index (κ1) is 40.4. The summed E-state index contributed by atoms with van der Waals surface area (Å²) in [5.41, 5.74) is 21.8. The molecule has 0 atom stereocenters. The third kappa shape index (κ3) is 5.82. The summed E-state index contributed by atoms with van der Waals surface area (Å²) in [7, 11) is 19.8. The molecule has 64 heavy (non-hydrogen) atoms. The highest BCUT2D eigenvalue weighted by molar-refractivity contribution is 7.26. The molecule has 0 spiro atoms. The lowest BCUT2D eigenvalue weighted by molar-refractivity contribution is 0.478. The van der Waals surface area contributed by atoms with E-state index in [9.17, 15) is 5.11 Å². The molecule has 0 aliphatic rings. The SMILES string of the molecule is Bc1c(B)c(B)c(-c2ccc3c(-c4ccccc4-c4nc5ccccc5n4-c4c(B)c(B)c(B)c(B)c4O)c4ccccc4c(-c4cccc5sc6ccccc6c45)c3c2)c(B)c1B. The highest BCUT2D eigenvalue weighted by atomic mass is 32.1. The van der Waals surface area contributed by atoms with E-state index in [4.69, 9.17) is 4.98 Å². The number of para-hydroxylation sites is 2. The number of thiophene rings is 1. The number of hydrogen-bond acceptors (Lipinski definition) is 3. The van der Waals surface area contributed by atoms with Crippen molar-refractivity contribution in [2.75, 3.05) is 0 Å². The maximum absolute atomic E-state index is 12.1. The van der Waals surface area contributed by atoms with Crippen LogP contribution in [0.15, 0.2) is 133 Å². The number of imidazole rings is 1. The fraction of sp³-hybridized carbons (Fsp3) is 0. The minimum Gasteiger partial charge on any atom is -0.506 e. The van der Waals surface area contributed by atoms with Crippen LogP contribution in [0.2, 0.25) is 0 Å². The zero-order valence-corrected chi connectivity index (χ0v) is 38.8. The van der Waals surface area contributed by atoms with E-state index in [1.807, 2.05) is 25.2 Å².